The van der Waals surface area contributed by atoms with Crippen LogP contribution < -0.4 is 4.43 Å². The van der Waals surface area contributed by atoms with Gasteiger partial charge < -0.3 is 9.16 Å². The first-order valence-electron chi connectivity index (χ1n) is 4.90. The minimum Gasteiger partial charge on any atom is -0.544 e. The van der Waals surface area contributed by atoms with Crippen molar-refractivity contribution >= 4 is 30.2 Å². The van der Waals surface area contributed by atoms with E-state index in [9.17, 15) is 4.79 Å². The van der Waals surface area contributed by atoms with Gasteiger partial charge in [0, 0.05) is 4.47 Å². The number of carbonyl (C=O) groups is 1. The standard InChI is InChI=1S/C11H15BrO3Si/c1-14-11(13)9-7-8(12)5-6-10(9)15-16(2,3)4/h5-7H,1-4H3. The van der Waals surface area contributed by atoms with E-state index in [1.807, 2.05) is 6.07 Å². The van der Waals surface area contributed by atoms with Gasteiger partial charge in [-0.2, -0.15) is 0 Å². The molecule has 5 heteroatoms. The van der Waals surface area contributed by atoms with Crippen molar-refractivity contribution in [3.63, 3.8) is 0 Å². The van der Waals surface area contributed by atoms with E-state index in [0.717, 1.165) is 4.47 Å². The zero-order valence-corrected chi connectivity index (χ0v) is 12.4. The molecule has 0 unspecified atom stereocenters. The molecular weight excluding hydrogens is 288 g/mol. The molecule has 0 aliphatic carbocycles. The molecule has 0 bridgehead atoms. The third-order valence-electron chi connectivity index (χ3n) is 1.76. The molecule has 0 aromatic heterocycles. The maximum atomic E-state index is 11.6. The lowest BCUT2D eigenvalue weighted by atomic mass is 10.2. The molecule has 1 aromatic rings. The van der Waals surface area contributed by atoms with Crippen LogP contribution in [0.25, 0.3) is 0 Å². The number of hydrogen-bond acceptors (Lipinski definition) is 3. The monoisotopic (exact) mass is 302 g/mol. The summed E-state index contributed by atoms with van der Waals surface area (Å²) >= 11 is 3.32. The van der Waals surface area contributed by atoms with E-state index >= 15 is 0 Å². The summed E-state index contributed by atoms with van der Waals surface area (Å²) in [6, 6.07) is 5.35. The molecule has 0 aliphatic heterocycles. The number of esters is 1. The Kier molecular flexibility index (Phi) is 4.15. The predicted molar refractivity (Wildman–Crippen MR) is 69.5 cm³/mol. The number of benzene rings is 1. The highest BCUT2D eigenvalue weighted by Gasteiger charge is 2.21. The molecule has 0 fully saturated rings. The van der Waals surface area contributed by atoms with Crippen LogP contribution in [0.1, 0.15) is 10.4 Å². The SMILES string of the molecule is COC(=O)c1cc(Br)ccc1O[Si](C)(C)C. The summed E-state index contributed by atoms with van der Waals surface area (Å²) in [4.78, 5) is 11.6. The van der Waals surface area contributed by atoms with Crippen LogP contribution in [0.2, 0.25) is 19.6 Å². The van der Waals surface area contributed by atoms with Gasteiger partial charge in [0.05, 0.1) is 7.11 Å². The van der Waals surface area contributed by atoms with Crippen LogP contribution in [0, 0.1) is 0 Å². The van der Waals surface area contributed by atoms with Gasteiger partial charge in [-0.05, 0) is 37.8 Å². The molecule has 0 radical (unpaired) electrons. The van der Waals surface area contributed by atoms with Crippen molar-refractivity contribution in [3.05, 3.63) is 28.2 Å². The maximum absolute atomic E-state index is 11.6. The summed E-state index contributed by atoms with van der Waals surface area (Å²) in [6.07, 6.45) is 0. The Balaban J connectivity index is 3.13. The fourth-order valence-electron chi connectivity index (χ4n) is 1.19. The van der Waals surface area contributed by atoms with Crippen LogP contribution in [0.15, 0.2) is 22.7 Å². The number of methoxy groups -OCH3 is 1. The lowest BCUT2D eigenvalue weighted by Gasteiger charge is -2.21. The van der Waals surface area contributed by atoms with Crippen LogP contribution in [-0.4, -0.2) is 21.4 Å². The minimum atomic E-state index is -1.73. The van der Waals surface area contributed by atoms with Gasteiger partial charge in [-0.15, -0.1) is 0 Å². The molecule has 88 valence electrons. The van der Waals surface area contributed by atoms with Gasteiger partial charge in [-0.25, -0.2) is 4.79 Å². The summed E-state index contributed by atoms with van der Waals surface area (Å²) in [6.45, 7) is 6.20. The molecule has 1 rings (SSSR count). The normalized spacial score (nSPS) is 11.1. The second kappa shape index (κ2) is 5.01. The van der Waals surface area contributed by atoms with E-state index in [4.69, 9.17) is 9.16 Å². The molecule has 0 spiro atoms. The molecule has 0 heterocycles. The van der Waals surface area contributed by atoms with Crippen LogP contribution in [0.5, 0.6) is 5.75 Å². The fraction of sp³-hybridized carbons (Fsp3) is 0.364. The molecule has 0 aliphatic rings. The Labute approximate surface area is 105 Å². The molecule has 0 atom stereocenters. The number of hydrogen-bond donors (Lipinski definition) is 0. The highest BCUT2D eigenvalue weighted by atomic mass is 79.9. The molecule has 0 amide bonds. The summed E-state index contributed by atoms with van der Waals surface area (Å²) < 4.78 is 11.4. The van der Waals surface area contributed by atoms with Gasteiger partial charge in [-0.1, -0.05) is 15.9 Å². The largest absolute Gasteiger partial charge is 0.544 e. The van der Waals surface area contributed by atoms with Crippen LogP contribution >= 0.6 is 15.9 Å². The van der Waals surface area contributed by atoms with Crippen molar-refractivity contribution in [2.75, 3.05) is 7.11 Å². The summed E-state index contributed by atoms with van der Waals surface area (Å²) in [5.41, 5.74) is 0.458. The summed E-state index contributed by atoms with van der Waals surface area (Å²) in [5, 5.41) is 0. The van der Waals surface area contributed by atoms with Crippen molar-refractivity contribution < 1.29 is 14.0 Å². The van der Waals surface area contributed by atoms with Crippen molar-refractivity contribution in [2.24, 2.45) is 0 Å². The Morgan fingerprint density at radius 2 is 1.94 bits per heavy atom. The van der Waals surface area contributed by atoms with Crippen LogP contribution in [-0.2, 0) is 4.74 Å². The summed E-state index contributed by atoms with van der Waals surface area (Å²) in [7, 11) is -0.366. The number of carbonyl (C=O) groups excluding carboxylic acids is 1. The zero-order chi connectivity index (χ0) is 12.3. The average Bonchev–Trinajstić information content (AvgIpc) is 2.17. The molecule has 0 N–H and O–H groups in total. The topological polar surface area (TPSA) is 35.5 Å². The smallest absolute Gasteiger partial charge is 0.341 e. The molecule has 1 aromatic carbocycles. The van der Waals surface area contributed by atoms with Crippen molar-refractivity contribution in [1.82, 2.24) is 0 Å². The molecule has 16 heavy (non-hydrogen) atoms. The fourth-order valence-corrected chi connectivity index (χ4v) is 2.39. The number of halogens is 1. The maximum Gasteiger partial charge on any atom is 0.341 e. The van der Waals surface area contributed by atoms with Gasteiger partial charge >= 0.3 is 5.97 Å². The molecule has 0 saturated carbocycles. The second-order valence-electron chi connectivity index (χ2n) is 4.35. The van der Waals surface area contributed by atoms with E-state index in [2.05, 4.69) is 35.6 Å². The van der Waals surface area contributed by atoms with E-state index in [1.54, 1.807) is 12.1 Å². The van der Waals surface area contributed by atoms with Crippen molar-refractivity contribution in [1.29, 1.82) is 0 Å². The molecular formula is C11H15BrO3Si. The van der Waals surface area contributed by atoms with Gasteiger partial charge in [0.25, 0.3) is 0 Å². The Morgan fingerprint density at radius 1 is 1.31 bits per heavy atom. The van der Waals surface area contributed by atoms with Crippen molar-refractivity contribution in [3.8, 4) is 5.75 Å². The summed E-state index contributed by atoms with van der Waals surface area (Å²) in [5.74, 6) is 0.212. The lowest BCUT2D eigenvalue weighted by Crippen LogP contribution is -2.30. The zero-order valence-electron chi connectivity index (χ0n) is 9.83. The quantitative estimate of drug-likeness (QED) is 0.634. The Hall–Kier alpha value is -0.813. The minimum absolute atomic E-state index is 0.380. The highest BCUT2D eigenvalue weighted by molar-refractivity contribution is 9.10. The molecule has 0 saturated heterocycles. The lowest BCUT2D eigenvalue weighted by molar-refractivity contribution is 0.0598. The first kappa shape index (κ1) is 13.3. The predicted octanol–water partition coefficient (Wildman–Crippen LogP) is 3.45. The Morgan fingerprint density at radius 3 is 2.44 bits per heavy atom. The first-order valence-corrected chi connectivity index (χ1v) is 9.10. The average molecular weight is 303 g/mol. The van der Waals surface area contributed by atoms with Gasteiger partial charge in [0.1, 0.15) is 11.3 Å². The van der Waals surface area contributed by atoms with Gasteiger partial charge in [-0.3, -0.25) is 0 Å². The number of ether oxygens (including phenoxy) is 1. The van der Waals surface area contributed by atoms with Crippen LogP contribution in [0.4, 0.5) is 0 Å². The van der Waals surface area contributed by atoms with E-state index in [0.29, 0.717) is 11.3 Å². The van der Waals surface area contributed by atoms with E-state index < -0.39 is 8.32 Å². The van der Waals surface area contributed by atoms with E-state index in [-0.39, 0.29) is 5.97 Å². The van der Waals surface area contributed by atoms with Crippen molar-refractivity contribution in [2.45, 2.75) is 19.6 Å². The third-order valence-corrected chi connectivity index (χ3v) is 3.09. The second-order valence-corrected chi connectivity index (χ2v) is 9.69. The van der Waals surface area contributed by atoms with Gasteiger partial charge in [0.2, 0.25) is 8.32 Å². The first-order chi connectivity index (χ1) is 7.33. The molecule has 3 nitrogen and oxygen atoms in total. The van der Waals surface area contributed by atoms with E-state index in [1.165, 1.54) is 7.11 Å². The number of rotatable bonds is 3. The van der Waals surface area contributed by atoms with Crippen LogP contribution in [0.3, 0.4) is 0 Å². The third kappa shape index (κ3) is 3.64. The highest BCUT2D eigenvalue weighted by Crippen LogP contribution is 2.26. The Bertz CT molecular complexity index is 399. The van der Waals surface area contributed by atoms with Gasteiger partial charge in [0.15, 0.2) is 0 Å².